The van der Waals surface area contributed by atoms with Gasteiger partial charge in [0.15, 0.2) is 0 Å². The minimum atomic E-state index is 0.371. The molecule has 1 atom stereocenters. The van der Waals surface area contributed by atoms with Crippen LogP contribution in [0.2, 0.25) is 0 Å². The lowest BCUT2D eigenvalue weighted by Crippen LogP contribution is -2.25. The van der Waals surface area contributed by atoms with E-state index in [4.69, 9.17) is 4.74 Å². The Labute approximate surface area is 130 Å². The van der Waals surface area contributed by atoms with Crippen LogP contribution in [0.5, 0.6) is 0 Å². The largest absolute Gasteiger partial charge is 0.379 e. The fraction of sp³-hybridized carbons (Fsp3) is 0.667. The highest BCUT2D eigenvalue weighted by molar-refractivity contribution is 5.25. The van der Waals surface area contributed by atoms with Gasteiger partial charge < -0.3 is 15.0 Å². The molecule has 0 aliphatic heterocycles. The molecule has 0 saturated carbocycles. The summed E-state index contributed by atoms with van der Waals surface area (Å²) in [5.74, 6) is 0.714. The quantitative estimate of drug-likeness (QED) is 0.671. The number of nitrogens with zero attached hydrogens (tertiary/aromatic N) is 1. The fourth-order valence-electron chi connectivity index (χ4n) is 2.23. The topological polar surface area (TPSA) is 24.5 Å². The molecule has 0 amide bonds. The summed E-state index contributed by atoms with van der Waals surface area (Å²) in [6.07, 6.45) is 1.15. The molecule has 1 aromatic rings. The summed E-state index contributed by atoms with van der Waals surface area (Å²) in [6.45, 7) is 10.2. The first-order valence-corrected chi connectivity index (χ1v) is 8.03. The average Bonchev–Trinajstić information content (AvgIpc) is 2.42. The Morgan fingerprint density at radius 2 is 1.71 bits per heavy atom. The third kappa shape index (κ3) is 8.20. The van der Waals surface area contributed by atoms with Crippen LogP contribution in [0.4, 0.5) is 0 Å². The summed E-state index contributed by atoms with van der Waals surface area (Å²) in [5.41, 5.74) is 2.77. The summed E-state index contributed by atoms with van der Waals surface area (Å²) in [5, 5.41) is 3.51. The maximum absolute atomic E-state index is 5.59. The summed E-state index contributed by atoms with van der Waals surface area (Å²) in [6, 6.07) is 9.35. The Morgan fingerprint density at radius 1 is 1.05 bits per heavy atom. The zero-order valence-electron chi connectivity index (χ0n) is 14.4. The van der Waals surface area contributed by atoms with Crippen molar-refractivity contribution in [3.63, 3.8) is 0 Å². The molecule has 0 aliphatic carbocycles. The Morgan fingerprint density at radius 3 is 2.29 bits per heavy atom. The molecule has 1 unspecified atom stereocenters. The first-order chi connectivity index (χ1) is 9.99. The first kappa shape index (κ1) is 18.1. The van der Waals surface area contributed by atoms with Crippen LogP contribution in [0.25, 0.3) is 0 Å². The summed E-state index contributed by atoms with van der Waals surface area (Å²) >= 11 is 0. The zero-order valence-corrected chi connectivity index (χ0v) is 14.4. The van der Waals surface area contributed by atoms with Gasteiger partial charge >= 0.3 is 0 Å². The van der Waals surface area contributed by atoms with Gasteiger partial charge in [-0.3, -0.25) is 0 Å². The molecule has 0 aliphatic rings. The summed E-state index contributed by atoms with van der Waals surface area (Å²) in [4.78, 5) is 2.13. The van der Waals surface area contributed by atoms with E-state index < -0.39 is 0 Å². The highest BCUT2D eigenvalue weighted by Crippen LogP contribution is 2.15. The summed E-state index contributed by atoms with van der Waals surface area (Å²) < 4.78 is 5.59. The third-order valence-corrected chi connectivity index (χ3v) is 3.50. The Balaban J connectivity index is 2.24. The van der Waals surface area contributed by atoms with E-state index in [0.29, 0.717) is 12.0 Å². The van der Waals surface area contributed by atoms with E-state index in [1.807, 2.05) is 0 Å². The van der Waals surface area contributed by atoms with Crippen LogP contribution >= 0.6 is 0 Å². The van der Waals surface area contributed by atoms with Crippen LogP contribution in [0.15, 0.2) is 24.3 Å². The molecule has 1 rings (SSSR count). The van der Waals surface area contributed by atoms with Gasteiger partial charge in [0.25, 0.3) is 0 Å². The minimum absolute atomic E-state index is 0.371. The molecule has 3 heteroatoms. The lowest BCUT2D eigenvalue weighted by molar-refractivity contribution is 0.118. The number of hydrogen-bond donors (Lipinski definition) is 1. The molecule has 0 saturated heterocycles. The van der Waals surface area contributed by atoms with Crippen molar-refractivity contribution in [2.75, 3.05) is 40.4 Å². The molecule has 0 radical (unpaired) electrons. The lowest BCUT2D eigenvalue weighted by atomic mass is 10.00. The Bertz CT molecular complexity index is 373. The van der Waals surface area contributed by atoms with Crippen LogP contribution < -0.4 is 5.32 Å². The second kappa shape index (κ2) is 9.93. The van der Waals surface area contributed by atoms with Gasteiger partial charge in [0.1, 0.15) is 0 Å². The number of likely N-dealkylation sites (N-methyl/N-ethyl adjacent to an activating group) is 1. The molecule has 0 heterocycles. The average molecular weight is 292 g/mol. The van der Waals surface area contributed by atoms with Crippen molar-refractivity contribution in [1.82, 2.24) is 10.2 Å². The number of ether oxygens (including phenoxy) is 1. The van der Waals surface area contributed by atoms with Gasteiger partial charge in [0.2, 0.25) is 0 Å². The number of benzene rings is 1. The lowest BCUT2D eigenvalue weighted by Gasteiger charge is -2.16. The molecule has 0 aromatic heterocycles. The van der Waals surface area contributed by atoms with E-state index in [2.05, 4.69) is 69.3 Å². The number of hydrogen-bond acceptors (Lipinski definition) is 3. The van der Waals surface area contributed by atoms with Crippen molar-refractivity contribution in [3.05, 3.63) is 35.4 Å². The zero-order chi connectivity index (χ0) is 15.7. The van der Waals surface area contributed by atoms with Crippen molar-refractivity contribution in [2.24, 2.45) is 5.92 Å². The van der Waals surface area contributed by atoms with Crippen molar-refractivity contribution in [2.45, 2.75) is 33.2 Å². The van der Waals surface area contributed by atoms with Gasteiger partial charge in [0.05, 0.1) is 13.2 Å². The van der Waals surface area contributed by atoms with E-state index in [1.165, 1.54) is 11.1 Å². The normalized spacial score (nSPS) is 13.1. The third-order valence-electron chi connectivity index (χ3n) is 3.50. The van der Waals surface area contributed by atoms with Gasteiger partial charge in [-0.1, -0.05) is 38.1 Å². The SMILES string of the molecule is CC(C)Cc1ccc(C(C)NCCOCCN(C)C)cc1. The van der Waals surface area contributed by atoms with Crippen LogP contribution in [0, 0.1) is 5.92 Å². The summed E-state index contributed by atoms with van der Waals surface area (Å²) in [7, 11) is 4.12. The number of rotatable bonds is 10. The highest BCUT2D eigenvalue weighted by Gasteiger charge is 2.05. The van der Waals surface area contributed by atoms with E-state index in [0.717, 1.165) is 32.7 Å². The van der Waals surface area contributed by atoms with Gasteiger partial charge in [0, 0.05) is 19.1 Å². The second-order valence-corrected chi connectivity index (χ2v) is 6.43. The monoisotopic (exact) mass is 292 g/mol. The van der Waals surface area contributed by atoms with Gasteiger partial charge in [-0.05, 0) is 44.5 Å². The molecule has 3 nitrogen and oxygen atoms in total. The molecule has 1 aromatic carbocycles. The van der Waals surface area contributed by atoms with E-state index >= 15 is 0 Å². The molecule has 21 heavy (non-hydrogen) atoms. The van der Waals surface area contributed by atoms with Crippen molar-refractivity contribution < 1.29 is 4.74 Å². The molecule has 0 fully saturated rings. The maximum Gasteiger partial charge on any atom is 0.0593 e. The molecule has 120 valence electrons. The van der Waals surface area contributed by atoms with Gasteiger partial charge in [-0.2, -0.15) is 0 Å². The first-order valence-electron chi connectivity index (χ1n) is 8.03. The van der Waals surface area contributed by atoms with E-state index in [1.54, 1.807) is 0 Å². The van der Waals surface area contributed by atoms with Crippen molar-refractivity contribution in [1.29, 1.82) is 0 Å². The Hall–Kier alpha value is -0.900. The highest BCUT2D eigenvalue weighted by atomic mass is 16.5. The number of nitrogens with one attached hydrogen (secondary N) is 1. The van der Waals surface area contributed by atoms with Crippen molar-refractivity contribution in [3.8, 4) is 0 Å². The van der Waals surface area contributed by atoms with Crippen LogP contribution in [0.1, 0.15) is 37.9 Å². The van der Waals surface area contributed by atoms with Crippen molar-refractivity contribution >= 4 is 0 Å². The molecule has 1 N–H and O–H groups in total. The molecular formula is C18H32N2O. The van der Waals surface area contributed by atoms with Gasteiger partial charge in [-0.15, -0.1) is 0 Å². The minimum Gasteiger partial charge on any atom is -0.379 e. The predicted octanol–water partition coefficient (Wildman–Crippen LogP) is 3.11. The smallest absolute Gasteiger partial charge is 0.0593 e. The standard InChI is InChI=1S/C18H32N2O/c1-15(2)14-17-6-8-18(9-7-17)16(3)19-10-12-21-13-11-20(4)5/h6-9,15-16,19H,10-14H2,1-5H3. The second-order valence-electron chi connectivity index (χ2n) is 6.43. The van der Waals surface area contributed by atoms with E-state index in [9.17, 15) is 0 Å². The predicted molar refractivity (Wildman–Crippen MR) is 90.8 cm³/mol. The molecule has 0 spiro atoms. The van der Waals surface area contributed by atoms with Crippen LogP contribution in [-0.4, -0.2) is 45.3 Å². The van der Waals surface area contributed by atoms with Crippen LogP contribution in [-0.2, 0) is 11.2 Å². The molecular weight excluding hydrogens is 260 g/mol. The van der Waals surface area contributed by atoms with E-state index in [-0.39, 0.29) is 0 Å². The van der Waals surface area contributed by atoms with Crippen LogP contribution in [0.3, 0.4) is 0 Å². The van der Waals surface area contributed by atoms with Gasteiger partial charge in [-0.25, -0.2) is 0 Å². The fourth-order valence-corrected chi connectivity index (χ4v) is 2.23. The maximum atomic E-state index is 5.59. The molecule has 0 bridgehead atoms. The Kier molecular flexibility index (Phi) is 8.58.